The number of nitrogens with one attached hydrogen (secondary N) is 1. The third-order valence-electron chi connectivity index (χ3n) is 4.29. The maximum absolute atomic E-state index is 13.1. The molecule has 0 radical (unpaired) electrons. The van der Waals surface area contributed by atoms with Crippen LogP contribution in [0.2, 0.25) is 0 Å². The highest BCUT2D eigenvalue weighted by atomic mass is 32.1. The molecule has 0 aliphatic rings. The predicted octanol–water partition coefficient (Wildman–Crippen LogP) is 4.96. The van der Waals surface area contributed by atoms with Gasteiger partial charge in [-0.25, -0.2) is 0 Å². The van der Waals surface area contributed by atoms with Crippen molar-refractivity contribution in [2.45, 2.75) is 13.3 Å². The maximum atomic E-state index is 13.1. The van der Waals surface area contributed by atoms with Gasteiger partial charge in [-0.3, -0.25) is 9.59 Å². The number of hydrogen-bond acceptors (Lipinski definition) is 5. The monoisotopic (exact) mass is 419 g/mol. The second kappa shape index (κ2) is 10.2. The summed E-state index contributed by atoms with van der Waals surface area (Å²) in [6.07, 6.45) is 0.216. The molecule has 1 N–H and O–H groups in total. The van der Waals surface area contributed by atoms with E-state index < -0.39 is 0 Å². The van der Waals surface area contributed by atoms with Crippen LogP contribution in [-0.4, -0.2) is 25.0 Å². The molecule has 2 aromatic carbocycles. The SMILES string of the molecule is CCOc1ccc(N(CCC#N)C(=O)c2ccc(NC(=O)c3cccs3)cc2)cc1. The van der Waals surface area contributed by atoms with Crippen LogP contribution < -0.4 is 15.0 Å². The third-order valence-corrected chi connectivity index (χ3v) is 5.16. The van der Waals surface area contributed by atoms with Crippen LogP contribution in [0.15, 0.2) is 66.0 Å². The van der Waals surface area contributed by atoms with Crippen LogP contribution in [0, 0.1) is 11.3 Å². The molecular weight excluding hydrogens is 398 g/mol. The first-order chi connectivity index (χ1) is 14.6. The molecule has 0 saturated carbocycles. The molecule has 0 atom stereocenters. The number of carbonyl (C=O) groups excluding carboxylic acids is 2. The van der Waals surface area contributed by atoms with Gasteiger partial charge in [0.1, 0.15) is 5.75 Å². The average Bonchev–Trinajstić information content (AvgIpc) is 3.31. The molecule has 3 aromatic rings. The Kier molecular flexibility index (Phi) is 7.19. The summed E-state index contributed by atoms with van der Waals surface area (Å²) in [6, 6.07) is 19.6. The molecule has 0 bridgehead atoms. The number of ether oxygens (including phenoxy) is 1. The quantitative estimate of drug-likeness (QED) is 0.559. The highest BCUT2D eigenvalue weighted by Gasteiger charge is 2.18. The minimum atomic E-state index is -0.217. The minimum Gasteiger partial charge on any atom is -0.494 e. The van der Waals surface area contributed by atoms with Crippen LogP contribution in [0.5, 0.6) is 5.75 Å². The van der Waals surface area contributed by atoms with E-state index in [1.807, 2.05) is 18.4 Å². The largest absolute Gasteiger partial charge is 0.494 e. The van der Waals surface area contributed by atoms with E-state index in [2.05, 4.69) is 11.4 Å². The number of benzene rings is 2. The van der Waals surface area contributed by atoms with Crippen LogP contribution >= 0.6 is 11.3 Å². The summed E-state index contributed by atoms with van der Waals surface area (Å²) in [4.78, 5) is 27.4. The van der Waals surface area contributed by atoms with E-state index in [-0.39, 0.29) is 24.8 Å². The van der Waals surface area contributed by atoms with Gasteiger partial charge < -0.3 is 15.0 Å². The van der Waals surface area contributed by atoms with Crippen molar-refractivity contribution >= 4 is 34.5 Å². The van der Waals surface area contributed by atoms with Gasteiger partial charge in [-0.05, 0) is 66.9 Å². The number of anilines is 2. The summed E-state index contributed by atoms with van der Waals surface area (Å²) in [7, 11) is 0. The van der Waals surface area contributed by atoms with Crippen molar-refractivity contribution in [2.24, 2.45) is 0 Å². The van der Waals surface area contributed by atoms with Crippen LogP contribution in [0.1, 0.15) is 33.4 Å². The molecule has 0 unspecified atom stereocenters. The van der Waals surface area contributed by atoms with Crippen molar-refractivity contribution in [1.29, 1.82) is 5.26 Å². The zero-order valence-electron chi connectivity index (χ0n) is 16.5. The topological polar surface area (TPSA) is 82.4 Å². The summed E-state index contributed by atoms with van der Waals surface area (Å²) in [5.41, 5.74) is 1.76. The molecule has 152 valence electrons. The van der Waals surface area contributed by atoms with Crippen LogP contribution in [-0.2, 0) is 0 Å². The van der Waals surface area contributed by atoms with Crippen molar-refractivity contribution in [2.75, 3.05) is 23.4 Å². The third kappa shape index (κ3) is 5.25. The van der Waals surface area contributed by atoms with Gasteiger partial charge in [0.25, 0.3) is 11.8 Å². The predicted molar refractivity (Wildman–Crippen MR) is 118 cm³/mol. The Morgan fingerprint density at radius 2 is 1.83 bits per heavy atom. The highest BCUT2D eigenvalue weighted by Crippen LogP contribution is 2.23. The summed E-state index contributed by atoms with van der Waals surface area (Å²) in [5, 5.41) is 13.6. The van der Waals surface area contributed by atoms with Crippen LogP contribution in [0.3, 0.4) is 0 Å². The Hall–Kier alpha value is -3.63. The molecule has 30 heavy (non-hydrogen) atoms. The van der Waals surface area contributed by atoms with Crippen molar-refractivity contribution in [3.8, 4) is 11.8 Å². The molecule has 1 aromatic heterocycles. The standard InChI is InChI=1S/C23H21N3O3S/c1-2-29-20-12-10-19(11-13-20)26(15-4-14-24)23(28)17-6-8-18(9-7-17)25-22(27)21-5-3-16-30-21/h3,5-13,16H,2,4,15H2,1H3,(H,25,27). The van der Waals surface area contributed by atoms with Crippen molar-refractivity contribution in [1.82, 2.24) is 0 Å². The van der Waals surface area contributed by atoms with E-state index in [0.717, 1.165) is 5.75 Å². The Bertz CT molecular complexity index is 1020. The summed E-state index contributed by atoms with van der Waals surface area (Å²) in [6.45, 7) is 2.75. The lowest BCUT2D eigenvalue weighted by Gasteiger charge is -2.22. The van der Waals surface area contributed by atoms with E-state index in [0.29, 0.717) is 28.4 Å². The fourth-order valence-electron chi connectivity index (χ4n) is 2.85. The van der Waals surface area contributed by atoms with E-state index in [9.17, 15) is 9.59 Å². The van der Waals surface area contributed by atoms with Crippen molar-refractivity contribution < 1.29 is 14.3 Å². The van der Waals surface area contributed by atoms with E-state index in [1.54, 1.807) is 59.5 Å². The molecule has 0 fully saturated rings. The van der Waals surface area contributed by atoms with E-state index >= 15 is 0 Å². The normalized spacial score (nSPS) is 10.1. The molecule has 7 heteroatoms. The van der Waals surface area contributed by atoms with Gasteiger partial charge in [0, 0.05) is 23.5 Å². The number of carbonyl (C=O) groups is 2. The fourth-order valence-corrected chi connectivity index (χ4v) is 3.47. The Morgan fingerprint density at radius 1 is 1.10 bits per heavy atom. The molecular formula is C23H21N3O3S. The van der Waals surface area contributed by atoms with E-state index in [1.165, 1.54) is 11.3 Å². The van der Waals surface area contributed by atoms with Crippen molar-refractivity contribution in [3.05, 3.63) is 76.5 Å². The lowest BCUT2D eigenvalue weighted by molar-refractivity contribution is 0.0986. The maximum Gasteiger partial charge on any atom is 0.265 e. The van der Waals surface area contributed by atoms with Gasteiger partial charge in [0.2, 0.25) is 0 Å². The van der Waals surface area contributed by atoms with Crippen LogP contribution in [0.25, 0.3) is 0 Å². The number of thiophene rings is 1. The highest BCUT2D eigenvalue weighted by molar-refractivity contribution is 7.12. The van der Waals surface area contributed by atoms with Gasteiger partial charge in [-0.2, -0.15) is 5.26 Å². The van der Waals surface area contributed by atoms with Gasteiger partial charge in [-0.1, -0.05) is 6.07 Å². The number of nitrogens with zero attached hydrogens (tertiary/aromatic N) is 2. The summed E-state index contributed by atoms with van der Waals surface area (Å²) < 4.78 is 5.45. The molecule has 0 spiro atoms. The number of hydrogen-bond donors (Lipinski definition) is 1. The first-order valence-corrected chi connectivity index (χ1v) is 10.4. The minimum absolute atomic E-state index is 0.186. The fraction of sp³-hybridized carbons (Fsp3) is 0.174. The molecule has 0 aliphatic heterocycles. The summed E-state index contributed by atoms with van der Waals surface area (Å²) in [5.74, 6) is 0.319. The molecule has 6 nitrogen and oxygen atoms in total. The Labute approximate surface area is 179 Å². The van der Waals surface area contributed by atoms with Gasteiger partial charge in [-0.15, -0.1) is 11.3 Å². The average molecular weight is 420 g/mol. The van der Waals surface area contributed by atoms with Gasteiger partial charge >= 0.3 is 0 Å². The zero-order chi connectivity index (χ0) is 21.3. The lowest BCUT2D eigenvalue weighted by Crippen LogP contribution is -2.31. The number of nitriles is 1. The number of amides is 2. The molecule has 2 amide bonds. The molecule has 0 aliphatic carbocycles. The summed E-state index contributed by atoms with van der Waals surface area (Å²) >= 11 is 1.36. The molecule has 1 heterocycles. The molecule has 0 saturated heterocycles. The second-order valence-corrected chi connectivity index (χ2v) is 7.25. The first-order valence-electron chi connectivity index (χ1n) is 9.49. The zero-order valence-corrected chi connectivity index (χ0v) is 17.3. The van der Waals surface area contributed by atoms with Crippen molar-refractivity contribution in [3.63, 3.8) is 0 Å². The second-order valence-electron chi connectivity index (χ2n) is 6.30. The smallest absolute Gasteiger partial charge is 0.265 e. The first kappa shape index (κ1) is 21.1. The Morgan fingerprint density at radius 3 is 2.43 bits per heavy atom. The van der Waals surface area contributed by atoms with Gasteiger partial charge in [0.15, 0.2) is 0 Å². The lowest BCUT2D eigenvalue weighted by atomic mass is 10.1. The Balaban J connectivity index is 1.75. The molecule has 3 rings (SSSR count). The van der Waals surface area contributed by atoms with Gasteiger partial charge in [0.05, 0.1) is 24.0 Å². The van der Waals surface area contributed by atoms with E-state index in [4.69, 9.17) is 10.00 Å². The van der Waals surface area contributed by atoms with Crippen LogP contribution in [0.4, 0.5) is 11.4 Å². The number of rotatable bonds is 8.